The fourth-order valence-corrected chi connectivity index (χ4v) is 4.36. The number of carbonyl (C=O) groups is 4. The molecule has 0 bridgehead atoms. The average molecular weight is 547 g/mol. The fourth-order valence-electron chi connectivity index (χ4n) is 4.36. The lowest BCUT2D eigenvalue weighted by Crippen LogP contribution is -2.51. The second-order valence-electron chi connectivity index (χ2n) is 8.86. The highest BCUT2D eigenvalue weighted by molar-refractivity contribution is 5.94. The highest BCUT2D eigenvalue weighted by Gasteiger charge is 2.34. The van der Waals surface area contributed by atoms with Gasteiger partial charge in [0, 0.05) is 57.1 Å². The summed E-state index contributed by atoms with van der Waals surface area (Å²) in [6.45, 7) is 2.45. The van der Waals surface area contributed by atoms with Gasteiger partial charge in [0.2, 0.25) is 5.91 Å². The Morgan fingerprint density at radius 2 is 1.85 bits per heavy atom. The molecule has 0 unspecified atom stereocenters. The Morgan fingerprint density at radius 3 is 2.49 bits per heavy atom. The Labute approximate surface area is 222 Å². The van der Waals surface area contributed by atoms with Gasteiger partial charge in [0.1, 0.15) is 17.5 Å². The second-order valence-corrected chi connectivity index (χ2v) is 8.86. The number of ether oxygens (including phenoxy) is 2. The Balaban J connectivity index is 1.31. The monoisotopic (exact) mass is 546 g/mol. The van der Waals surface area contributed by atoms with Crippen molar-refractivity contribution in [3.63, 3.8) is 0 Å². The van der Waals surface area contributed by atoms with Gasteiger partial charge in [-0.05, 0) is 13.3 Å². The van der Waals surface area contributed by atoms with Crippen LogP contribution in [0.4, 0.5) is 25.0 Å². The van der Waals surface area contributed by atoms with Gasteiger partial charge in [-0.25, -0.2) is 18.6 Å². The van der Waals surface area contributed by atoms with Gasteiger partial charge in [0.15, 0.2) is 11.6 Å². The molecule has 208 valence electrons. The van der Waals surface area contributed by atoms with E-state index in [-0.39, 0.29) is 81.7 Å². The van der Waals surface area contributed by atoms with Crippen molar-refractivity contribution in [3.05, 3.63) is 48.1 Å². The second kappa shape index (κ2) is 12.5. The van der Waals surface area contributed by atoms with E-state index in [1.165, 1.54) is 28.4 Å². The van der Waals surface area contributed by atoms with Crippen LogP contribution in [0.15, 0.2) is 30.7 Å². The number of hydrogen-bond donors (Lipinski definition) is 1. The van der Waals surface area contributed by atoms with E-state index in [1.54, 1.807) is 6.92 Å². The zero-order valence-corrected chi connectivity index (χ0v) is 21.3. The van der Waals surface area contributed by atoms with Gasteiger partial charge in [-0.3, -0.25) is 24.3 Å². The zero-order chi connectivity index (χ0) is 27.9. The predicted octanol–water partition coefficient (Wildman–Crippen LogP) is 1.50. The van der Waals surface area contributed by atoms with Gasteiger partial charge < -0.3 is 24.6 Å². The molecule has 2 aliphatic heterocycles. The lowest BCUT2D eigenvalue weighted by atomic mass is 10.1. The minimum atomic E-state index is -0.858. The van der Waals surface area contributed by atoms with Crippen molar-refractivity contribution in [2.45, 2.75) is 25.9 Å². The number of carbonyl (C=O) groups excluding carboxylic acids is 4. The number of piperazine rings is 1. The first kappa shape index (κ1) is 27.7. The summed E-state index contributed by atoms with van der Waals surface area (Å²) in [4.78, 5) is 60.2. The third-order valence-corrected chi connectivity index (χ3v) is 6.31. The highest BCUT2D eigenvalue weighted by Crippen LogP contribution is 2.32. The topological polar surface area (TPSA) is 134 Å². The lowest BCUT2D eigenvalue weighted by Gasteiger charge is -2.36. The minimum Gasteiger partial charge on any atom is -0.466 e. The molecule has 4 rings (SSSR count). The minimum absolute atomic E-state index is 0.00467. The maximum Gasteiger partial charge on any atom is 0.414 e. The molecular formula is C25H28F2N6O6. The van der Waals surface area contributed by atoms with Crippen LogP contribution >= 0.6 is 0 Å². The molecule has 3 heterocycles. The SMILES string of the molecule is CCOC(=O)CC[C@H]1CN(c2cc(F)c(N3CCN(C(=O)CNC(=O)c4cnccn4)CC3)c(F)c2)C(=O)O1. The molecule has 39 heavy (non-hydrogen) atoms. The fraction of sp³-hybridized carbons (Fsp3) is 0.440. The molecule has 1 N–H and O–H groups in total. The molecule has 2 aromatic rings. The van der Waals surface area contributed by atoms with Crippen LogP contribution < -0.4 is 15.1 Å². The number of hydrogen-bond acceptors (Lipinski definition) is 9. The summed E-state index contributed by atoms with van der Waals surface area (Å²) >= 11 is 0. The number of halogens is 2. The number of benzene rings is 1. The molecular weight excluding hydrogens is 518 g/mol. The standard InChI is InChI=1S/C25H28F2N6O6/c1-2-38-22(35)4-3-17-15-33(25(37)39-17)16-11-18(26)23(19(27)12-16)32-9-7-31(8-10-32)21(34)14-30-24(36)20-13-28-5-6-29-20/h5-6,11-13,17H,2-4,7-10,14-15H2,1H3,(H,30,36)/t17-/m0/s1. The van der Waals surface area contributed by atoms with E-state index in [0.29, 0.717) is 0 Å². The number of nitrogens with zero attached hydrogens (tertiary/aromatic N) is 5. The van der Waals surface area contributed by atoms with Gasteiger partial charge in [0.25, 0.3) is 5.91 Å². The Bertz CT molecular complexity index is 1200. The highest BCUT2D eigenvalue weighted by atomic mass is 19.1. The summed E-state index contributed by atoms with van der Waals surface area (Å²) in [7, 11) is 0. The van der Waals surface area contributed by atoms with Crippen LogP contribution in [-0.2, 0) is 19.1 Å². The molecule has 0 spiro atoms. The van der Waals surface area contributed by atoms with E-state index < -0.39 is 35.7 Å². The molecule has 1 atom stereocenters. The van der Waals surface area contributed by atoms with Crippen molar-refractivity contribution in [3.8, 4) is 0 Å². The van der Waals surface area contributed by atoms with Crippen LogP contribution in [0.25, 0.3) is 0 Å². The predicted molar refractivity (Wildman–Crippen MR) is 133 cm³/mol. The third kappa shape index (κ3) is 6.75. The summed E-state index contributed by atoms with van der Waals surface area (Å²) in [6, 6.07) is 2.12. The van der Waals surface area contributed by atoms with E-state index in [9.17, 15) is 19.2 Å². The largest absolute Gasteiger partial charge is 0.466 e. The first-order valence-electron chi connectivity index (χ1n) is 12.5. The number of anilines is 2. The van der Waals surface area contributed by atoms with Gasteiger partial charge in [-0.2, -0.15) is 0 Å². The molecule has 1 aromatic heterocycles. The first-order chi connectivity index (χ1) is 18.8. The van der Waals surface area contributed by atoms with Crippen molar-refractivity contribution < 1.29 is 37.4 Å². The molecule has 14 heteroatoms. The van der Waals surface area contributed by atoms with Crippen LogP contribution in [0, 0.1) is 11.6 Å². The van der Waals surface area contributed by atoms with E-state index >= 15 is 8.78 Å². The Morgan fingerprint density at radius 1 is 1.13 bits per heavy atom. The summed E-state index contributed by atoms with van der Waals surface area (Å²) < 4.78 is 40.2. The molecule has 2 aliphatic rings. The van der Waals surface area contributed by atoms with Gasteiger partial charge >= 0.3 is 12.1 Å². The van der Waals surface area contributed by atoms with Crippen LogP contribution in [0.2, 0.25) is 0 Å². The average Bonchev–Trinajstić information content (AvgIpc) is 3.31. The number of esters is 1. The molecule has 0 aliphatic carbocycles. The number of rotatable bonds is 9. The number of aromatic nitrogens is 2. The van der Waals surface area contributed by atoms with Crippen LogP contribution in [0.3, 0.4) is 0 Å². The quantitative estimate of drug-likeness (QED) is 0.465. The van der Waals surface area contributed by atoms with E-state index in [2.05, 4.69) is 15.3 Å². The summed E-state index contributed by atoms with van der Waals surface area (Å²) in [5, 5.41) is 2.48. The summed E-state index contributed by atoms with van der Waals surface area (Å²) in [6.07, 6.45) is 3.00. The van der Waals surface area contributed by atoms with Crippen molar-refractivity contribution in [2.75, 3.05) is 55.7 Å². The molecule has 2 saturated heterocycles. The molecule has 12 nitrogen and oxygen atoms in total. The van der Waals surface area contributed by atoms with Crippen molar-refractivity contribution in [1.82, 2.24) is 20.2 Å². The summed E-state index contributed by atoms with van der Waals surface area (Å²) in [5.74, 6) is -3.01. The molecule has 2 fully saturated rings. The van der Waals surface area contributed by atoms with Crippen molar-refractivity contribution in [2.24, 2.45) is 0 Å². The van der Waals surface area contributed by atoms with Gasteiger partial charge in [-0.15, -0.1) is 0 Å². The Hall–Kier alpha value is -4.36. The zero-order valence-electron chi connectivity index (χ0n) is 21.3. The normalized spacial score (nSPS) is 17.2. The van der Waals surface area contributed by atoms with Crippen LogP contribution in [0.5, 0.6) is 0 Å². The smallest absolute Gasteiger partial charge is 0.414 e. The maximum absolute atomic E-state index is 15.1. The van der Waals surface area contributed by atoms with Gasteiger partial charge in [-0.1, -0.05) is 0 Å². The lowest BCUT2D eigenvalue weighted by molar-refractivity contribution is -0.143. The molecule has 1 aromatic carbocycles. The molecule has 0 saturated carbocycles. The number of nitrogens with one attached hydrogen (secondary N) is 1. The first-order valence-corrected chi connectivity index (χ1v) is 12.5. The van der Waals surface area contributed by atoms with Crippen LogP contribution in [0.1, 0.15) is 30.3 Å². The molecule has 0 radical (unpaired) electrons. The molecule has 3 amide bonds. The maximum atomic E-state index is 15.1. The van der Waals surface area contributed by atoms with Crippen LogP contribution in [-0.4, -0.2) is 90.7 Å². The third-order valence-electron chi connectivity index (χ3n) is 6.31. The van der Waals surface area contributed by atoms with E-state index in [4.69, 9.17) is 9.47 Å². The summed E-state index contributed by atoms with van der Waals surface area (Å²) in [5.41, 5.74) is -0.169. The Kier molecular flexibility index (Phi) is 8.84. The van der Waals surface area contributed by atoms with E-state index in [1.807, 2.05) is 0 Å². The van der Waals surface area contributed by atoms with Gasteiger partial charge in [0.05, 0.1) is 31.6 Å². The number of cyclic esters (lactones) is 1. The van der Waals surface area contributed by atoms with E-state index in [0.717, 1.165) is 17.0 Å². The van der Waals surface area contributed by atoms with Crippen molar-refractivity contribution >= 4 is 35.3 Å². The number of amides is 3. The van der Waals surface area contributed by atoms with Crippen molar-refractivity contribution in [1.29, 1.82) is 0 Å².